The van der Waals surface area contributed by atoms with Gasteiger partial charge in [0.1, 0.15) is 5.69 Å². The highest BCUT2D eigenvalue weighted by atomic mass is 35.5. The Balaban J connectivity index is 2.02. The molecule has 0 fully saturated rings. The lowest BCUT2D eigenvalue weighted by molar-refractivity contribution is 0.0988. The molecule has 104 valence electrons. The molecule has 0 aliphatic rings. The van der Waals surface area contributed by atoms with Gasteiger partial charge in [-0.25, -0.2) is 4.98 Å². The number of benzene rings is 1. The maximum Gasteiger partial charge on any atom is 0.276 e. The van der Waals surface area contributed by atoms with Gasteiger partial charge >= 0.3 is 0 Å². The van der Waals surface area contributed by atoms with Gasteiger partial charge in [-0.05, 0) is 24.3 Å². The Morgan fingerprint density at radius 3 is 2.76 bits per heavy atom. The van der Waals surface area contributed by atoms with E-state index < -0.39 is 0 Å². The molecule has 3 aromatic rings. The normalized spacial score (nSPS) is 10.6. The Labute approximate surface area is 127 Å². The molecule has 0 unspecified atom stereocenters. The SMILES string of the molecule is CN(C(=O)c1cc(Cl)c2ccccc2n1)c1cccnc1. The number of pyridine rings is 2. The average molecular weight is 298 g/mol. The summed E-state index contributed by atoms with van der Waals surface area (Å²) in [5.41, 5.74) is 1.71. The summed E-state index contributed by atoms with van der Waals surface area (Å²) in [6.45, 7) is 0. The highest BCUT2D eigenvalue weighted by molar-refractivity contribution is 6.35. The minimum absolute atomic E-state index is 0.226. The maximum atomic E-state index is 12.5. The summed E-state index contributed by atoms with van der Waals surface area (Å²) in [6.07, 6.45) is 3.29. The molecule has 3 rings (SSSR count). The third-order valence-electron chi connectivity index (χ3n) is 3.22. The molecular formula is C16H12ClN3O. The summed E-state index contributed by atoms with van der Waals surface area (Å²) in [7, 11) is 1.68. The molecule has 0 radical (unpaired) electrons. The van der Waals surface area contributed by atoms with E-state index in [1.54, 1.807) is 31.6 Å². The lowest BCUT2D eigenvalue weighted by atomic mass is 10.2. The van der Waals surface area contributed by atoms with Crippen LogP contribution in [0, 0.1) is 0 Å². The van der Waals surface area contributed by atoms with Crippen LogP contribution >= 0.6 is 11.6 Å². The van der Waals surface area contributed by atoms with Crippen molar-refractivity contribution in [3.05, 3.63) is 65.6 Å². The van der Waals surface area contributed by atoms with E-state index in [4.69, 9.17) is 11.6 Å². The van der Waals surface area contributed by atoms with Crippen molar-refractivity contribution < 1.29 is 4.79 Å². The van der Waals surface area contributed by atoms with Crippen molar-refractivity contribution in [3.8, 4) is 0 Å². The quantitative estimate of drug-likeness (QED) is 0.726. The van der Waals surface area contributed by atoms with Crippen LogP contribution < -0.4 is 4.90 Å². The van der Waals surface area contributed by atoms with Gasteiger partial charge in [-0.2, -0.15) is 0 Å². The molecule has 2 heterocycles. The van der Waals surface area contributed by atoms with Gasteiger partial charge in [0.05, 0.1) is 22.4 Å². The van der Waals surface area contributed by atoms with Crippen LogP contribution in [-0.4, -0.2) is 22.9 Å². The number of carbonyl (C=O) groups is 1. The van der Waals surface area contributed by atoms with E-state index in [1.807, 2.05) is 30.3 Å². The van der Waals surface area contributed by atoms with Gasteiger partial charge in [0.15, 0.2) is 0 Å². The number of carbonyl (C=O) groups excluding carboxylic acids is 1. The van der Waals surface area contributed by atoms with Gasteiger partial charge in [-0.15, -0.1) is 0 Å². The van der Waals surface area contributed by atoms with Crippen molar-refractivity contribution in [2.24, 2.45) is 0 Å². The number of aromatic nitrogens is 2. The van der Waals surface area contributed by atoms with Gasteiger partial charge in [-0.1, -0.05) is 29.8 Å². The van der Waals surface area contributed by atoms with E-state index in [9.17, 15) is 4.79 Å². The minimum Gasteiger partial charge on any atom is -0.309 e. The van der Waals surface area contributed by atoms with Crippen LogP contribution in [0.1, 0.15) is 10.5 Å². The van der Waals surface area contributed by atoms with Crippen LogP contribution in [0.3, 0.4) is 0 Å². The topological polar surface area (TPSA) is 46.1 Å². The van der Waals surface area contributed by atoms with E-state index in [0.717, 1.165) is 5.39 Å². The fraction of sp³-hybridized carbons (Fsp3) is 0.0625. The molecule has 0 spiro atoms. The average Bonchev–Trinajstić information content (AvgIpc) is 2.54. The zero-order valence-corrected chi connectivity index (χ0v) is 12.1. The Bertz CT molecular complexity index is 805. The lowest BCUT2D eigenvalue weighted by Gasteiger charge is -2.16. The van der Waals surface area contributed by atoms with Crippen LogP contribution in [-0.2, 0) is 0 Å². The predicted molar refractivity (Wildman–Crippen MR) is 83.7 cm³/mol. The number of halogens is 1. The second-order valence-electron chi connectivity index (χ2n) is 4.58. The molecule has 0 saturated heterocycles. The summed E-state index contributed by atoms with van der Waals surface area (Å²) in [5, 5.41) is 1.35. The first kappa shape index (κ1) is 13.5. The molecule has 0 saturated carbocycles. The molecule has 2 aromatic heterocycles. The van der Waals surface area contributed by atoms with E-state index in [-0.39, 0.29) is 5.91 Å². The van der Waals surface area contributed by atoms with Crippen molar-refractivity contribution in [1.29, 1.82) is 0 Å². The number of amides is 1. The zero-order valence-electron chi connectivity index (χ0n) is 11.3. The first-order valence-electron chi connectivity index (χ1n) is 6.40. The molecule has 0 N–H and O–H groups in total. The van der Waals surface area contributed by atoms with Crippen LogP contribution in [0.4, 0.5) is 5.69 Å². The number of hydrogen-bond acceptors (Lipinski definition) is 3. The first-order chi connectivity index (χ1) is 10.2. The van der Waals surface area contributed by atoms with Crippen LogP contribution in [0.25, 0.3) is 10.9 Å². The molecule has 21 heavy (non-hydrogen) atoms. The monoisotopic (exact) mass is 297 g/mol. The molecule has 0 aliphatic heterocycles. The Kier molecular flexibility index (Phi) is 3.54. The van der Waals surface area contributed by atoms with E-state index in [0.29, 0.717) is 21.9 Å². The molecule has 4 nitrogen and oxygen atoms in total. The van der Waals surface area contributed by atoms with Crippen LogP contribution in [0.15, 0.2) is 54.9 Å². The number of fused-ring (bicyclic) bond motifs is 1. The lowest BCUT2D eigenvalue weighted by Crippen LogP contribution is -2.27. The highest BCUT2D eigenvalue weighted by Crippen LogP contribution is 2.24. The molecule has 5 heteroatoms. The first-order valence-corrected chi connectivity index (χ1v) is 6.78. The Morgan fingerprint density at radius 1 is 1.19 bits per heavy atom. The maximum absolute atomic E-state index is 12.5. The van der Waals surface area contributed by atoms with E-state index in [1.165, 1.54) is 4.90 Å². The van der Waals surface area contributed by atoms with Gasteiger partial charge in [0.25, 0.3) is 5.91 Å². The van der Waals surface area contributed by atoms with Crippen molar-refractivity contribution in [2.45, 2.75) is 0 Å². The second kappa shape index (κ2) is 5.50. The van der Waals surface area contributed by atoms with Crippen LogP contribution in [0.5, 0.6) is 0 Å². The molecule has 0 bridgehead atoms. The van der Waals surface area contributed by atoms with Gasteiger partial charge in [0, 0.05) is 18.6 Å². The molecule has 1 amide bonds. The van der Waals surface area contributed by atoms with Gasteiger partial charge in [0.2, 0.25) is 0 Å². The third-order valence-corrected chi connectivity index (χ3v) is 3.54. The molecule has 0 aliphatic carbocycles. The second-order valence-corrected chi connectivity index (χ2v) is 4.99. The number of para-hydroxylation sites is 1. The van der Waals surface area contributed by atoms with Crippen molar-refractivity contribution >= 4 is 34.1 Å². The fourth-order valence-electron chi connectivity index (χ4n) is 2.08. The Morgan fingerprint density at radius 2 is 2.00 bits per heavy atom. The van der Waals surface area contributed by atoms with Crippen LogP contribution in [0.2, 0.25) is 5.02 Å². The minimum atomic E-state index is -0.226. The van der Waals surface area contributed by atoms with Gasteiger partial charge < -0.3 is 4.90 Å². The van der Waals surface area contributed by atoms with E-state index in [2.05, 4.69) is 9.97 Å². The summed E-state index contributed by atoms with van der Waals surface area (Å²) >= 11 is 6.23. The molecular weight excluding hydrogens is 286 g/mol. The van der Waals surface area contributed by atoms with Crippen molar-refractivity contribution in [3.63, 3.8) is 0 Å². The zero-order chi connectivity index (χ0) is 14.8. The largest absolute Gasteiger partial charge is 0.309 e. The number of anilines is 1. The van der Waals surface area contributed by atoms with Crippen molar-refractivity contribution in [2.75, 3.05) is 11.9 Å². The predicted octanol–water partition coefficient (Wildman–Crippen LogP) is 3.56. The standard InChI is InChI=1S/C16H12ClN3O/c1-20(11-5-4-8-18-10-11)16(21)15-9-13(17)12-6-2-3-7-14(12)19-15/h2-10H,1H3. The molecule has 1 aromatic carbocycles. The highest BCUT2D eigenvalue weighted by Gasteiger charge is 2.16. The Hall–Kier alpha value is -2.46. The van der Waals surface area contributed by atoms with E-state index >= 15 is 0 Å². The number of rotatable bonds is 2. The smallest absolute Gasteiger partial charge is 0.276 e. The number of nitrogens with zero attached hydrogens (tertiary/aromatic N) is 3. The number of hydrogen-bond donors (Lipinski definition) is 0. The summed E-state index contributed by atoms with van der Waals surface area (Å²) in [5.74, 6) is -0.226. The van der Waals surface area contributed by atoms with Gasteiger partial charge in [-0.3, -0.25) is 9.78 Å². The summed E-state index contributed by atoms with van der Waals surface area (Å²) < 4.78 is 0. The van der Waals surface area contributed by atoms with Crippen molar-refractivity contribution in [1.82, 2.24) is 9.97 Å². The summed E-state index contributed by atoms with van der Waals surface area (Å²) in [4.78, 5) is 22.4. The fourth-order valence-corrected chi connectivity index (χ4v) is 2.35. The molecule has 0 atom stereocenters. The third kappa shape index (κ3) is 2.58. The summed E-state index contributed by atoms with van der Waals surface area (Å²) in [6, 6.07) is 12.7.